The molecule has 1 unspecified atom stereocenters. The summed E-state index contributed by atoms with van der Waals surface area (Å²) >= 11 is 0. The Labute approximate surface area is 79.9 Å². The van der Waals surface area contributed by atoms with Crippen molar-refractivity contribution in [2.24, 2.45) is 11.8 Å². The highest BCUT2D eigenvalue weighted by Gasteiger charge is 2.24. The second-order valence-corrected chi connectivity index (χ2v) is 3.94. The molecule has 0 aliphatic heterocycles. The molecule has 0 N–H and O–H groups in total. The lowest BCUT2D eigenvalue weighted by Crippen LogP contribution is -2.20. The Balaban J connectivity index is 2.30. The predicted molar refractivity (Wildman–Crippen MR) is 51.0 cm³/mol. The average Bonchev–Trinajstić information content (AvgIpc) is 2.07. The Kier molecular flexibility index (Phi) is 3.95. The molecule has 0 aromatic heterocycles. The quantitative estimate of drug-likeness (QED) is 0.651. The highest BCUT2D eigenvalue weighted by Crippen LogP contribution is 2.30. The second-order valence-electron chi connectivity index (χ2n) is 3.94. The highest BCUT2D eigenvalue weighted by molar-refractivity contribution is 5.83. The average molecular weight is 179 g/mol. The summed E-state index contributed by atoms with van der Waals surface area (Å²) in [5.41, 5.74) is 0. The molecule has 1 saturated carbocycles. The zero-order valence-electron chi connectivity index (χ0n) is 8.25. The van der Waals surface area contributed by atoms with Crippen LogP contribution in [0.2, 0.25) is 0 Å². The van der Waals surface area contributed by atoms with Gasteiger partial charge in [0, 0.05) is 6.42 Å². The van der Waals surface area contributed by atoms with E-state index in [1.54, 1.807) is 0 Å². The lowest BCUT2D eigenvalue weighted by Gasteiger charge is -2.25. The minimum Gasteiger partial charge on any atom is -0.298 e. The van der Waals surface area contributed by atoms with Crippen molar-refractivity contribution >= 4 is 5.78 Å². The minimum absolute atomic E-state index is 0.175. The van der Waals surface area contributed by atoms with Crippen molar-refractivity contribution in [3.63, 3.8) is 0 Å². The van der Waals surface area contributed by atoms with Gasteiger partial charge in [0.05, 0.1) is 6.07 Å². The van der Waals surface area contributed by atoms with Crippen molar-refractivity contribution in [1.82, 2.24) is 0 Å². The first-order valence-corrected chi connectivity index (χ1v) is 5.20. The first-order valence-electron chi connectivity index (χ1n) is 5.20. The van der Waals surface area contributed by atoms with Gasteiger partial charge in [0.2, 0.25) is 0 Å². The zero-order chi connectivity index (χ0) is 9.68. The van der Waals surface area contributed by atoms with E-state index in [-0.39, 0.29) is 11.7 Å². The van der Waals surface area contributed by atoms with Crippen molar-refractivity contribution in [3.05, 3.63) is 0 Å². The largest absolute Gasteiger partial charge is 0.298 e. The molecule has 0 aromatic rings. The lowest BCUT2D eigenvalue weighted by atomic mass is 9.79. The van der Waals surface area contributed by atoms with Gasteiger partial charge in [0.1, 0.15) is 11.7 Å². The predicted octanol–water partition coefficient (Wildman–Crippen LogP) is 2.69. The molecule has 0 amide bonds. The van der Waals surface area contributed by atoms with E-state index in [0.717, 1.165) is 12.8 Å². The highest BCUT2D eigenvalue weighted by atomic mass is 16.1. The van der Waals surface area contributed by atoms with Crippen LogP contribution >= 0.6 is 0 Å². The van der Waals surface area contributed by atoms with Gasteiger partial charge in [-0.05, 0) is 12.3 Å². The molecule has 2 heteroatoms. The summed E-state index contributed by atoms with van der Waals surface area (Å²) in [4.78, 5) is 11.5. The summed E-state index contributed by atoms with van der Waals surface area (Å²) in [7, 11) is 0. The van der Waals surface area contributed by atoms with E-state index in [2.05, 4.69) is 6.07 Å². The van der Waals surface area contributed by atoms with Gasteiger partial charge < -0.3 is 0 Å². The van der Waals surface area contributed by atoms with E-state index >= 15 is 0 Å². The van der Waals surface area contributed by atoms with Crippen LogP contribution in [-0.4, -0.2) is 5.78 Å². The topological polar surface area (TPSA) is 40.9 Å². The summed E-state index contributed by atoms with van der Waals surface area (Å²) in [5.74, 6) is 0.444. The maximum absolute atomic E-state index is 11.5. The molecule has 1 fully saturated rings. The molecule has 0 saturated heterocycles. The van der Waals surface area contributed by atoms with Gasteiger partial charge in [-0.2, -0.15) is 5.26 Å². The number of nitriles is 1. The number of hydrogen-bond donors (Lipinski definition) is 0. The van der Waals surface area contributed by atoms with E-state index in [0.29, 0.717) is 12.3 Å². The summed E-state index contributed by atoms with van der Waals surface area (Å²) < 4.78 is 0. The molecule has 0 aromatic carbocycles. The smallest absolute Gasteiger partial charge is 0.150 e. The van der Waals surface area contributed by atoms with E-state index in [4.69, 9.17) is 5.26 Å². The van der Waals surface area contributed by atoms with Crippen LogP contribution in [-0.2, 0) is 4.79 Å². The molecule has 72 valence electrons. The monoisotopic (exact) mass is 179 g/mol. The first kappa shape index (κ1) is 10.2. The van der Waals surface area contributed by atoms with Gasteiger partial charge in [-0.15, -0.1) is 0 Å². The van der Waals surface area contributed by atoms with Crippen LogP contribution in [0.5, 0.6) is 0 Å². The fraction of sp³-hybridized carbons (Fsp3) is 0.818. The summed E-state index contributed by atoms with van der Waals surface area (Å²) in [6, 6.07) is 2.11. The van der Waals surface area contributed by atoms with Crippen molar-refractivity contribution < 1.29 is 4.79 Å². The Hall–Kier alpha value is -0.840. The van der Waals surface area contributed by atoms with Crippen LogP contribution in [0.15, 0.2) is 0 Å². The third-order valence-corrected chi connectivity index (χ3v) is 2.84. The van der Waals surface area contributed by atoms with Crippen molar-refractivity contribution in [2.45, 2.75) is 45.4 Å². The zero-order valence-corrected chi connectivity index (χ0v) is 8.25. The summed E-state index contributed by atoms with van der Waals surface area (Å²) in [6.07, 6.45) is 5.96. The SMILES string of the molecule is CCCC(C#N)C(=O)CC1CCC1. The molecule has 0 spiro atoms. The molecule has 0 bridgehead atoms. The Morgan fingerprint density at radius 1 is 1.62 bits per heavy atom. The number of nitrogens with zero attached hydrogens (tertiary/aromatic N) is 1. The molecule has 13 heavy (non-hydrogen) atoms. The number of carbonyl (C=O) groups excluding carboxylic acids is 1. The molecular formula is C11H17NO. The Morgan fingerprint density at radius 3 is 2.69 bits per heavy atom. The summed E-state index contributed by atoms with van der Waals surface area (Å²) in [6.45, 7) is 2.01. The standard InChI is InChI=1S/C11H17NO/c1-2-4-10(8-12)11(13)7-9-5-3-6-9/h9-10H,2-7H2,1H3. The molecule has 1 aliphatic rings. The minimum atomic E-state index is -0.328. The van der Waals surface area contributed by atoms with Crippen molar-refractivity contribution in [2.75, 3.05) is 0 Å². The van der Waals surface area contributed by atoms with Crippen molar-refractivity contribution in [1.29, 1.82) is 5.26 Å². The van der Waals surface area contributed by atoms with Crippen molar-refractivity contribution in [3.8, 4) is 6.07 Å². The van der Waals surface area contributed by atoms with Gasteiger partial charge in [0.25, 0.3) is 0 Å². The fourth-order valence-corrected chi connectivity index (χ4v) is 1.71. The Bertz CT molecular complexity index is 213. The van der Waals surface area contributed by atoms with E-state index in [9.17, 15) is 4.79 Å². The molecule has 1 atom stereocenters. The van der Waals surface area contributed by atoms with Gasteiger partial charge >= 0.3 is 0 Å². The molecule has 2 nitrogen and oxygen atoms in total. The maximum atomic E-state index is 11.5. The van der Waals surface area contributed by atoms with Crippen LogP contribution < -0.4 is 0 Å². The third-order valence-electron chi connectivity index (χ3n) is 2.84. The van der Waals surface area contributed by atoms with E-state index in [1.807, 2.05) is 6.92 Å². The lowest BCUT2D eigenvalue weighted by molar-refractivity contribution is -0.123. The van der Waals surface area contributed by atoms with Gasteiger partial charge in [-0.25, -0.2) is 0 Å². The second kappa shape index (κ2) is 5.01. The van der Waals surface area contributed by atoms with E-state index < -0.39 is 0 Å². The molecule has 0 radical (unpaired) electrons. The number of ketones is 1. The first-order chi connectivity index (χ1) is 6.27. The van der Waals surface area contributed by atoms with Gasteiger partial charge in [-0.3, -0.25) is 4.79 Å². The van der Waals surface area contributed by atoms with Crippen LogP contribution in [0.1, 0.15) is 45.4 Å². The van der Waals surface area contributed by atoms with Gasteiger partial charge in [0.15, 0.2) is 0 Å². The van der Waals surface area contributed by atoms with Crippen LogP contribution in [0.4, 0.5) is 0 Å². The molecule has 1 rings (SSSR count). The molecule has 1 aliphatic carbocycles. The maximum Gasteiger partial charge on any atom is 0.150 e. The van der Waals surface area contributed by atoms with Gasteiger partial charge in [-0.1, -0.05) is 32.6 Å². The van der Waals surface area contributed by atoms with Crippen LogP contribution in [0, 0.1) is 23.2 Å². The Morgan fingerprint density at radius 2 is 2.31 bits per heavy atom. The fourth-order valence-electron chi connectivity index (χ4n) is 1.71. The number of rotatable bonds is 5. The van der Waals surface area contributed by atoms with Crippen LogP contribution in [0.25, 0.3) is 0 Å². The molecule has 0 heterocycles. The summed E-state index contributed by atoms with van der Waals surface area (Å²) in [5, 5.41) is 8.76. The third kappa shape index (κ3) is 2.84. The van der Waals surface area contributed by atoms with E-state index in [1.165, 1.54) is 19.3 Å². The normalized spacial score (nSPS) is 18.8. The number of hydrogen-bond acceptors (Lipinski definition) is 2. The van der Waals surface area contributed by atoms with Crippen LogP contribution in [0.3, 0.4) is 0 Å². The number of carbonyl (C=O) groups is 1. The molecular weight excluding hydrogens is 162 g/mol. The number of Topliss-reactive ketones (excluding diaryl/α,β-unsaturated/α-hetero) is 1.